The van der Waals surface area contributed by atoms with Crippen LogP contribution in [0.2, 0.25) is 0 Å². The summed E-state index contributed by atoms with van der Waals surface area (Å²) < 4.78 is 11.6. The molecule has 12 heteroatoms. The molecular formula is C28H35N7O5. The van der Waals surface area contributed by atoms with Gasteiger partial charge in [-0.05, 0) is 38.4 Å². The molecule has 2 saturated heterocycles. The minimum absolute atomic E-state index is 0.147. The number of aromatic nitrogens is 2. The Hall–Kier alpha value is -4.11. The zero-order valence-electron chi connectivity index (χ0n) is 22.7. The number of hydrogen-bond donors (Lipinski definition) is 1. The first-order valence-electron chi connectivity index (χ1n) is 13.7. The average molecular weight is 550 g/mol. The molecule has 2 fully saturated rings. The Labute approximate surface area is 233 Å². The molecule has 0 saturated carbocycles. The third-order valence-electron chi connectivity index (χ3n) is 7.92. The molecule has 3 aliphatic heterocycles. The van der Waals surface area contributed by atoms with Crippen LogP contribution in [0.3, 0.4) is 0 Å². The second-order valence-electron chi connectivity index (χ2n) is 10.5. The molecule has 40 heavy (non-hydrogen) atoms. The molecule has 12 nitrogen and oxygen atoms in total. The maximum absolute atomic E-state index is 13.0. The summed E-state index contributed by atoms with van der Waals surface area (Å²) in [5.74, 6) is 0.685. The lowest BCUT2D eigenvalue weighted by Gasteiger charge is -2.41. The Morgan fingerprint density at radius 2 is 1.95 bits per heavy atom. The van der Waals surface area contributed by atoms with E-state index in [2.05, 4.69) is 27.9 Å². The van der Waals surface area contributed by atoms with Crippen molar-refractivity contribution in [3.63, 3.8) is 0 Å². The lowest BCUT2D eigenvalue weighted by Crippen LogP contribution is -2.55. The fourth-order valence-corrected chi connectivity index (χ4v) is 5.61. The first-order valence-corrected chi connectivity index (χ1v) is 13.7. The van der Waals surface area contributed by atoms with Crippen molar-refractivity contribution >= 4 is 18.0 Å². The van der Waals surface area contributed by atoms with Gasteiger partial charge in [-0.25, -0.2) is 9.59 Å². The fraction of sp³-hybridized carbons (Fsp3) is 0.536. The maximum atomic E-state index is 13.0. The molecule has 212 valence electrons. The van der Waals surface area contributed by atoms with E-state index < -0.39 is 12.2 Å². The van der Waals surface area contributed by atoms with Crippen molar-refractivity contribution in [2.75, 3.05) is 51.3 Å². The predicted octanol–water partition coefficient (Wildman–Crippen LogP) is 2.73. The topological polar surface area (TPSA) is 135 Å². The minimum Gasteiger partial charge on any atom is -0.465 e. The molecule has 2 atom stereocenters. The van der Waals surface area contributed by atoms with Gasteiger partial charge in [-0.2, -0.15) is 15.2 Å². The summed E-state index contributed by atoms with van der Waals surface area (Å²) >= 11 is 0. The highest BCUT2D eigenvalue weighted by Crippen LogP contribution is 2.31. The highest BCUT2D eigenvalue weighted by molar-refractivity contribution is 5.69. The van der Waals surface area contributed by atoms with Crippen LogP contribution in [0, 0.1) is 11.3 Å². The molecule has 0 spiro atoms. The van der Waals surface area contributed by atoms with E-state index in [0.29, 0.717) is 50.7 Å². The summed E-state index contributed by atoms with van der Waals surface area (Å²) in [7, 11) is 2.07. The van der Waals surface area contributed by atoms with E-state index in [-0.39, 0.29) is 37.7 Å². The minimum atomic E-state index is -0.988. The van der Waals surface area contributed by atoms with Crippen LogP contribution in [0.5, 0.6) is 6.01 Å². The third kappa shape index (κ3) is 6.20. The van der Waals surface area contributed by atoms with Gasteiger partial charge in [0.1, 0.15) is 19.0 Å². The molecule has 4 heterocycles. The average Bonchev–Trinajstić information content (AvgIpc) is 3.39. The number of amides is 2. The SMILES string of the molecule is CN1CCC[C@H]1COc1nc2c(c(N3CCN(C(=O)OCc4ccccc4)[C@@H](CC#N)C3)n1)CCN(C(=O)O)C2. The fourth-order valence-electron chi connectivity index (χ4n) is 5.61. The van der Waals surface area contributed by atoms with Crippen LogP contribution in [-0.4, -0.2) is 100 Å². The number of rotatable bonds is 7. The molecule has 1 aromatic heterocycles. The van der Waals surface area contributed by atoms with Crippen LogP contribution < -0.4 is 9.64 Å². The molecule has 1 aromatic carbocycles. The van der Waals surface area contributed by atoms with Gasteiger partial charge in [0.05, 0.1) is 30.8 Å². The van der Waals surface area contributed by atoms with E-state index in [9.17, 15) is 20.0 Å². The molecule has 1 N–H and O–H groups in total. The van der Waals surface area contributed by atoms with Gasteiger partial charge >= 0.3 is 18.2 Å². The molecule has 0 aliphatic carbocycles. The number of benzene rings is 1. The van der Waals surface area contributed by atoms with Gasteiger partial charge in [0.25, 0.3) is 0 Å². The number of hydrogen-bond acceptors (Lipinski definition) is 9. The van der Waals surface area contributed by atoms with Crippen LogP contribution in [0.1, 0.15) is 36.1 Å². The van der Waals surface area contributed by atoms with Crippen molar-refractivity contribution in [3.8, 4) is 12.1 Å². The summed E-state index contributed by atoms with van der Waals surface area (Å²) in [6, 6.07) is 11.8. The first kappa shape index (κ1) is 27.5. The monoisotopic (exact) mass is 549 g/mol. The van der Waals surface area contributed by atoms with Gasteiger partial charge in [0, 0.05) is 37.8 Å². The second-order valence-corrected chi connectivity index (χ2v) is 10.5. The van der Waals surface area contributed by atoms with E-state index in [4.69, 9.17) is 14.5 Å². The van der Waals surface area contributed by atoms with Gasteiger partial charge in [0.15, 0.2) is 0 Å². The smallest absolute Gasteiger partial charge is 0.410 e. The number of anilines is 1. The quantitative estimate of drug-likeness (QED) is 0.549. The molecule has 0 bridgehead atoms. The molecule has 3 aliphatic rings. The standard InChI is InChI=1S/C28H35N7O5/c1-32-12-5-8-22(32)19-39-26-30-24-17-34(27(36)37)13-10-23(24)25(31-26)33-14-15-35(21(16-33)9-11-29)28(38)40-18-20-6-3-2-4-7-20/h2-4,6-7,21-22H,5,8-10,12-19H2,1H3,(H,36,37)/t21-,22-/m0/s1. The van der Waals surface area contributed by atoms with E-state index >= 15 is 0 Å². The zero-order valence-corrected chi connectivity index (χ0v) is 22.7. The summed E-state index contributed by atoms with van der Waals surface area (Å²) in [6.45, 7) is 3.39. The Morgan fingerprint density at radius 3 is 2.67 bits per heavy atom. The van der Waals surface area contributed by atoms with Gasteiger partial charge in [0.2, 0.25) is 0 Å². The van der Waals surface area contributed by atoms with Crippen LogP contribution in [-0.2, 0) is 24.3 Å². The number of carbonyl (C=O) groups is 2. The number of ether oxygens (including phenoxy) is 2. The lowest BCUT2D eigenvalue weighted by atomic mass is 10.0. The number of piperazine rings is 1. The van der Waals surface area contributed by atoms with Crippen molar-refractivity contribution in [2.24, 2.45) is 0 Å². The largest absolute Gasteiger partial charge is 0.465 e. The van der Waals surface area contributed by atoms with Crippen molar-refractivity contribution in [3.05, 3.63) is 47.2 Å². The normalized spacial score (nSPS) is 21.1. The maximum Gasteiger partial charge on any atom is 0.410 e. The van der Waals surface area contributed by atoms with Gasteiger partial charge in [-0.15, -0.1) is 0 Å². The molecular weight excluding hydrogens is 514 g/mol. The zero-order chi connectivity index (χ0) is 28.1. The molecule has 0 unspecified atom stereocenters. The summed E-state index contributed by atoms with van der Waals surface area (Å²) in [4.78, 5) is 41.4. The van der Waals surface area contributed by atoms with E-state index in [1.54, 1.807) is 4.90 Å². The summed E-state index contributed by atoms with van der Waals surface area (Å²) in [5.41, 5.74) is 2.42. The van der Waals surface area contributed by atoms with Crippen molar-refractivity contribution in [2.45, 2.75) is 50.9 Å². The highest BCUT2D eigenvalue weighted by Gasteiger charge is 2.35. The third-order valence-corrected chi connectivity index (χ3v) is 7.92. The molecule has 2 amide bonds. The number of carbonyl (C=O) groups excluding carboxylic acids is 1. The van der Waals surface area contributed by atoms with Crippen molar-refractivity contribution in [1.82, 2.24) is 24.7 Å². The Balaban J connectivity index is 1.34. The number of fused-ring (bicyclic) bond motifs is 1. The number of carboxylic acid groups (broad SMARTS) is 1. The van der Waals surface area contributed by atoms with Crippen molar-refractivity contribution < 1.29 is 24.2 Å². The highest BCUT2D eigenvalue weighted by atomic mass is 16.6. The Kier molecular flexibility index (Phi) is 8.50. The number of likely N-dealkylation sites (tertiary alicyclic amines) is 1. The number of likely N-dealkylation sites (N-methyl/N-ethyl adjacent to an activating group) is 1. The van der Waals surface area contributed by atoms with Gasteiger partial charge in [-0.1, -0.05) is 30.3 Å². The summed E-state index contributed by atoms with van der Waals surface area (Å²) in [5, 5.41) is 19.1. The van der Waals surface area contributed by atoms with Gasteiger partial charge < -0.3 is 34.2 Å². The van der Waals surface area contributed by atoms with Crippen LogP contribution >= 0.6 is 0 Å². The predicted molar refractivity (Wildman–Crippen MR) is 145 cm³/mol. The van der Waals surface area contributed by atoms with Crippen molar-refractivity contribution in [1.29, 1.82) is 5.26 Å². The molecule has 5 rings (SSSR count). The number of nitriles is 1. The Morgan fingerprint density at radius 1 is 1.12 bits per heavy atom. The van der Waals surface area contributed by atoms with Crippen LogP contribution in [0.15, 0.2) is 30.3 Å². The van der Waals surface area contributed by atoms with Crippen LogP contribution in [0.25, 0.3) is 0 Å². The van der Waals surface area contributed by atoms with Crippen LogP contribution in [0.4, 0.5) is 15.4 Å². The first-order chi connectivity index (χ1) is 19.4. The molecule has 2 aromatic rings. The summed E-state index contributed by atoms with van der Waals surface area (Å²) in [6.07, 6.45) is 1.35. The van der Waals surface area contributed by atoms with E-state index in [1.807, 2.05) is 30.3 Å². The van der Waals surface area contributed by atoms with E-state index in [1.165, 1.54) is 4.90 Å². The van der Waals surface area contributed by atoms with E-state index in [0.717, 1.165) is 30.5 Å². The van der Waals surface area contributed by atoms with Gasteiger partial charge in [-0.3, -0.25) is 0 Å². The Bertz CT molecular complexity index is 1250. The number of nitrogens with zero attached hydrogens (tertiary/aromatic N) is 7. The lowest BCUT2D eigenvalue weighted by molar-refractivity contribution is 0.0767. The molecule has 0 radical (unpaired) electrons. The second kappa shape index (κ2) is 12.4.